The molecule has 0 unspecified atom stereocenters. The maximum atomic E-state index is 12.9. The van der Waals surface area contributed by atoms with Gasteiger partial charge in [0.05, 0.1) is 17.8 Å². The topological polar surface area (TPSA) is 111 Å². The molecule has 0 spiro atoms. The second-order valence-electron chi connectivity index (χ2n) is 7.30. The van der Waals surface area contributed by atoms with E-state index in [4.69, 9.17) is 0 Å². The van der Waals surface area contributed by atoms with Crippen molar-refractivity contribution in [2.75, 3.05) is 0 Å². The molecule has 0 radical (unpaired) electrons. The highest BCUT2D eigenvalue weighted by molar-refractivity contribution is 5.88. The van der Waals surface area contributed by atoms with Crippen LogP contribution in [0.1, 0.15) is 11.4 Å². The molecule has 170 valence electrons. The maximum Gasteiger partial charge on any atom is 0.416 e. The molecule has 5 rings (SSSR count). The molecular formula is C22H14F3N7O2. The predicted octanol–water partition coefficient (Wildman–Crippen LogP) is 2.79. The number of aromatic nitrogens is 7. The van der Waals surface area contributed by atoms with E-state index in [-0.39, 0.29) is 17.7 Å². The van der Waals surface area contributed by atoms with Gasteiger partial charge in [-0.25, -0.2) is 19.6 Å². The second-order valence-corrected chi connectivity index (χ2v) is 7.30. The van der Waals surface area contributed by atoms with Crippen LogP contribution in [0, 0.1) is 0 Å². The van der Waals surface area contributed by atoms with E-state index in [1.165, 1.54) is 58.3 Å². The van der Waals surface area contributed by atoms with E-state index in [2.05, 4.69) is 25.0 Å². The Labute approximate surface area is 188 Å². The van der Waals surface area contributed by atoms with E-state index in [0.29, 0.717) is 33.9 Å². The minimum Gasteiger partial charge on any atom is -0.309 e. The number of fused-ring (bicyclic) bond motifs is 1. The van der Waals surface area contributed by atoms with Gasteiger partial charge < -0.3 is 9.55 Å². The van der Waals surface area contributed by atoms with E-state index in [0.717, 1.165) is 12.1 Å². The van der Waals surface area contributed by atoms with Crippen LogP contribution in [-0.2, 0) is 12.7 Å². The first kappa shape index (κ1) is 21.2. The molecule has 5 aromatic rings. The Morgan fingerprint density at radius 2 is 1.68 bits per heavy atom. The fraction of sp³-hybridized carbons (Fsp3) is 0.0909. The first-order valence-electron chi connectivity index (χ1n) is 9.92. The highest BCUT2D eigenvalue weighted by atomic mass is 19.4. The van der Waals surface area contributed by atoms with Crippen LogP contribution in [0.25, 0.3) is 28.1 Å². The van der Waals surface area contributed by atoms with Crippen LogP contribution in [0.5, 0.6) is 0 Å². The SMILES string of the molecule is O=c1ccnc(Cn2ccc(-c3nn(-c4ccc(C(F)(F)F)cc4)c4nccnc34)cc2=O)[nH]1. The van der Waals surface area contributed by atoms with Gasteiger partial charge in [0, 0.05) is 42.5 Å². The molecule has 4 heterocycles. The lowest BCUT2D eigenvalue weighted by Crippen LogP contribution is -2.22. The third-order valence-electron chi connectivity index (χ3n) is 5.06. The van der Waals surface area contributed by atoms with Gasteiger partial charge in [-0.15, -0.1) is 0 Å². The number of hydrogen-bond donors (Lipinski definition) is 1. The Morgan fingerprint density at radius 1 is 0.912 bits per heavy atom. The summed E-state index contributed by atoms with van der Waals surface area (Å²) in [4.78, 5) is 39.3. The first-order valence-corrected chi connectivity index (χ1v) is 9.92. The average Bonchev–Trinajstić information content (AvgIpc) is 3.20. The van der Waals surface area contributed by atoms with Gasteiger partial charge in [-0.3, -0.25) is 9.59 Å². The van der Waals surface area contributed by atoms with Crippen molar-refractivity contribution in [1.82, 2.24) is 34.3 Å². The molecule has 0 aliphatic carbocycles. The number of alkyl halides is 3. The number of halogens is 3. The van der Waals surface area contributed by atoms with Gasteiger partial charge in [0.15, 0.2) is 5.65 Å². The molecule has 0 fully saturated rings. The molecule has 0 aliphatic heterocycles. The summed E-state index contributed by atoms with van der Waals surface area (Å²) in [5.41, 5.74) is 0.388. The first-order chi connectivity index (χ1) is 16.3. The van der Waals surface area contributed by atoms with Gasteiger partial charge >= 0.3 is 6.18 Å². The van der Waals surface area contributed by atoms with Crippen LogP contribution in [0.3, 0.4) is 0 Å². The van der Waals surface area contributed by atoms with Gasteiger partial charge in [-0.1, -0.05) is 0 Å². The molecule has 1 aromatic carbocycles. The Balaban J connectivity index is 1.55. The van der Waals surface area contributed by atoms with E-state index in [9.17, 15) is 22.8 Å². The van der Waals surface area contributed by atoms with E-state index < -0.39 is 11.7 Å². The maximum absolute atomic E-state index is 12.9. The fourth-order valence-corrected chi connectivity index (χ4v) is 3.45. The minimum atomic E-state index is -4.46. The largest absolute Gasteiger partial charge is 0.416 e. The van der Waals surface area contributed by atoms with Crippen LogP contribution >= 0.6 is 0 Å². The summed E-state index contributed by atoms with van der Waals surface area (Å²) < 4.78 is 41.5. The standard InChI is InChI=1S/C22H14F3N7O2/c23-22(24,25)14-1-3-15(4-2-14)32-21-20(27-8-9-28-21)19(30-32)13-6-10-31(18(34)11-13)12-16-26-7-5-17(33)29-16/h1-11H,12H2,(H,26,29,33). The molecule has 0 saturated heterocycles. The van der Waals surface area contributed by atoms with Crippen molar-refractivity contribution < 1.29 is 13.2 Å². The van der Waals surface area contributed by atoms with Crippen LogP contribution in [0.4, 0.5) is 13.2 Å². The summed E-state index contributed by atoms with van der Waals surface area (Å²) >= 11 is 0. The number of aromatic amines is 1. The summed E-state index contributed by atoms with van der Waals surface area (Å²) in [6, 6.07) is 8.78. The molecule has 1 N–H and O–H groups in total. The summed E-state index contributed by atoms with van der Waals surface area (Å²) in [5, 5.41) is 4.49. The van der Waals surface area contributed by atoms with Crippen molar-refractivity contribution in [3.63, 3.8) is 0 Å². The van der Waals surface area contributed by atoms with Crippen LogP contribution in [-0.4, -0.2) is 34.3 Å². The van der Waals surface area contributed by atoms with Crippen molar-refractivity contribution in [3.8, 4) is 16.9 Å². The Morgan fingerprint density at radius 3 is 2.38 bits per heavy atom. The molecule has 9 nitrogen and oxygen atoms in total. The lowest BCUT2D eigenvalue weighted by atomic mass is 10.2. The van der Waals surface area contributed by atoms with Gasteiger partial charge in [-0.2, -0.15) is 18.3 Å². The Kier molecular flexibility index (Phi) is 5.04. The van der Waals surface area contributed by atoms with Crippen LogP contribution in [0.2, 0.25) is 0 Å². The molecule has 0 saturated carbocycles. The second kappa shape index (κ2) is 8.06. The van der Waals surface area contributed by atoms with Crippen molar-refractivity contribution in [1.29, 1.82) is 0 Å². The Bertz CT molecular complexity index is 1620. The van der Waals surface area contributed by atoms with Gasteiger partial charge in [0.2, 0.25) is 0 Å². The average molecular weight is 465 g/mol. The number of rotatable bonds is 4. The number of hydrogen-bond acceptors (Lipinski definition) is 6. The van der Waals surface area contributed by atoms with Crippen molar-refractivity contribution in [2.45, 2.75) is 12.7 Å². The van der Waals surface area contributed by atoms with Crippen molar-refractivity contribution in [3.05, 3.63) is 99.3 Å². The number of nitrogens with zero attached hydrogens (tertiary/aromatic N) is 6. The zero-order valence-corrected chi connectivity index (χ0v) is 17.2. The third kappa shape index (κ3) is 3.96. The normalized spacial score (nSPS) is 11.7. The smallest absolute Gasteiger partial charge is 0.309 e. The molecule has 0 atom stereocenters. The molecule has 0 aliphatic rings. The third-order valence-corrected chi connectivity index (χ3v) is 5.06. The zero-order valence-electron chi connectivity index (χ0n) is 17.2. The number of benzene rings is 1. The Hall–Kier alpha value is -4.61. The highest BCUT2D eigenvalue weighted by Gasteiger charge is 2.30. The lowest BCUT2D eigenvalue weighted by Gasteiger charge is -2.08. The van der Waals surface area contributed by atoms with E-state index >= 15 is 0 Å². The van der Waals surface area contributed by atoms with Crippen molar-refractivity contribution in [2.24, 2.45) is 0 Å². The summed E-state index contributed by atoms with van der Waals surface area (Å²) in [6.45, 7) is 0.0652. The van der Waals surface area contributed by atoms with Gasteiger partial charge in [-0.05, 0) is 30.3 Å². The molecule has 4 aromatic heterocycles. The number of pyridine rings is 1. The number of nitrogens with one attached hydrogen (secondary N) is 1. The summed E-state index contributed by atoms with van der Waals surface area (Å²) in [7, 11) is 0. The fourth-order valence-electron chi connectivity index (χ4n) is 3.45. The molecular weight excluding hydrogens is 451 g/mol. The van der Waals surface area contributed by atoms with Gasteiger partial charge in [0.25, 0.3) is 11.1 Å². The predicted molar refractivity (Wildman–Crippen MR) is 115 cm³/mol. The molecule has 0 bridgehead atoms. The zero-order chi connectivity index (χ0) is 23.9. The molecule has 34 heavy (non-hydrogen) atoms. The summed E-state index contributed by atoms with van der Waals surface area (Å²) in [5.74, 6) is 0.324. The van der Waals surface area contributed by atoms with Crippen molar-refractivity contribution >= 4 is 11.2 Å². The quantitative estimate of drug-likeness (QED) is 0.437. The van der Waals surface area contributed by atoms with Crippen LogP contribution < -0.4 is 11.1 Å². The van der Waals surface area contributed by atoms with E-state index in [1.54, 1.807) is 6.07 Å². The van der Waals surface area contributed by atoms with Crippen LogP contribution in [0.15, 0.2) is 76.8 Å². The molecule has 12 heteroatoms. The minimum absolute atomic E-state index is 0.0652. The van der Waals surface area contributed by atoms with Gasteiger partial charge in [0.1, 0.15) is 17.0 Å². The molecule has 0 amide bonds. The highest BCUT2D eigenvalue weighted by Crippen LogP contribution is 2.31. The lowest BCUT2D eigenvalue weighted by molar-refractivity contribution is -0.137. The number of H-pyrrole nitrogens is 1. The van der Waals surface area contributed by atoms with E-state index in [1.807, 2.05) is 0 Å². The summed E-state index contributed by atoms with van der Waals surface area (Å²) in [6.07, 6.45) is 1.33. The monoisotopic (exact) mass is 465 g/mol.